The Kier molecular flexibility index (Phi) is 4.91. The minimum Gasteiger partial charge on any atom is -0.346 e. The van der Waals surface area contributed by atoms with Gasteiger partial charge in [-0.2, -0.15) is 5.26 Å². The summed E-state index contributed by atoms with van der Waals surface area (Å²) < 4.78 is 0. The van der Waals surface area contributed by atoms with Crippen molar-refractivity contribution >= 4 is 27.8 Å². The summed E-state index contributed by atoms with van der Waals surface area (Å²) >= 11 is 1.27. The number of anilines is 2. The molecule has 0 aliphatic heterocycles. The predicted octanol–water partition coefficient (Wildman–Crippen LogP) is 5.05. The van der Waals surface area contributed by atoms with Gasteiger partial charge in [0.05, 0.1) is 10.4 Å². The zero-order chi connectivity index (χ0) is 19.3. The van der Waals surface area contributed by atoms with Crippen molar-refractivity contribution in [2.24, 2.45) is 0 Å². The van der Waals surface area contributed by atoms with Gasteiger partial charge in [-0.3, -0.25) is 14.8 Å². The number of hydrogen-bond donors (Lipinski definition) is 1. The Balaban J connectivity index is 1.89. The van der Waals surface area contributed by atoms with Crippen LogP contribution < -0.4 is 5.32 Å². The molecule has 3 heterocycles. The van der Waals surface area contributed by atoms with E-state index in [1.54, 1.807) is 42.9 Å². The predicted molar refractivity (Wildman–Crippen MR) is 110 cm³/mol. The molecule has 0 unspecified atom stereocenters. The van der Waals surface area contributed by atoms with Crippen molar-refractivity contribution < 1.29 is 4.79 Å². The van der Waals surface area contributed by atoms with Crippen LogP contribution in [0.25, 0.3) is 11.1 Å². The molecule has 5 nitrogen and oxygen atoms in total. The lowest BCUT2D eigenvalue weighted by Crippen LogP contribution is -2.01. The van der Waals surface area contributed by atoms with Crippen LogP contribution in [0.4, 0.5) is 10.7 Å². The zero-order valence-electron chi connectivity index (χ0n) is 14.7. The normalized spacial score (nSPS) is 10.2. The van der Waals surface area contributed by atoms with Gasteiger partial charge < -0.3 is 5.32 Å². The lowest BCUT2D eigenvalue weighted by atomic mass is 9.99. The van der Waals surface area contributed by atoms with Crippen LogP contribution in [0.2, 0.25) is 0 Å². The molecule has 4 aromatic rings. The smallest absolute Gasteiger partial charge is 0.205 e. The van der Waals surface area contributed by atoms with E-state index in [0.717, 1.165) is 11.3 Å². The van der Waals surface area contributed by atoms with Gasteiger partial charge in [-0.1, -0.05) is 18.2 Å². The molecule has 3 aromatic heterocycles. The van der Waals surface area contributed by atoms with E-state index in [1.807, 2.05) is 30.3 Å². The third-order valence-corrected chi connectivity index (χ3v) is 5.25. The number of hydrogen-bond acceptors (Lipinski definition) is 6. The van der Waals surface area contributed by atoms with Crippen LogP contribution in [-0.2, 0) is 0 Å². The van der Waals surface area contributed by atoms with Gasteiger partial charge in [0.15, 0.2) is 0 Å². The first kappa shape index (κ1) is 17.6. The topological polar surface area (TPSA) is 78.7 Å². The second-order valence-electron chi connectivity index (χ2n) is 5.92. The monoisotopic (exact) mass is 382 g/mol. The molecule has 28 heavy (non-hydrogen) atoms. The maximum absolute atomic E-state index is 13.2. The fourth-order valence-electron chi connectivity index (χ4n) is 2.86. The maximum atomic E-state index is 13.2. The van der Waals surface area contributed by atoms with Crippen LogP contribution in [0.1, 0.15) is 20.8 Å². The van der Waals surface area contributed by atoms with Gasteiger partial charge in [0.25, 0.3) is 0 Å². The van der Waals surface area contributed by atoms with E-state index in [4.69, 9.17) is 0 Å². The highest BCUT2D eigenvalue weighted by Gasteiger charge is 2.25. The SMILES string of the molecule is N#Cc1c(Nc2ccccc2)sc(C(=O)c2cccnc2)c1-c1ccncc1. The van der Waals surface area contributed by atoms with E-state index < -0.39 is 0 Å². The standard InChI is InChI=1S/C22H14N4OS/c23-13-18-19(15-8-11-24-12-9-15)21(20(27)16-5-4-10-25-14-16)28-22(18)26-17-6-2-1-3-7-17/h1-12,14,26H. The van der Waals surface area contributed by atoms with E-state index in [9.17, 15) is 10.1 Å². The van der Waals surface area contributed by atoms with Crippen molar-refractivity contribution in [3.05, 3.63) is 95.4 Å². The summed E-state index contributed by atoms with van der Waals surface area (Å²) in [5.74, 6) is -0.164. The number of aromatic nitrogens is 2. The van der Waals surface area contributed by atoms with Crippen LogP contribution >= 0.6 is 11.3 Å². The number of benzene rings is 1. The Hall–Kier alpha value is -3.82. The summed E-state index contributed by atoms with van der Waals surface area (Å²) in [6.45, 7) is 0. The molecular weight excluding hydrogens is 368 g/mol. The van der Waals surface area contributed by atoms with Gasteiger partial charge in [-0.05, 0) is 42.0 Å². The largest absolute Gasteiger partial charge is 0.346 e. The van der Waals surface area contributed by atoms with Gasteiger partial charge in [-0.25, -0.2) is 0 Å². The first-order valence-corrected chi connectivity index (χ1v) is 9.33. The molecule has 0 aliphatic rings. The number of nitrogens with one attached hydrogen (secondary N) is 1. The molecule has 0 aliphatic carbocycles. The number of rotatable bonds is 5. The van der Waals surface area contributed by atoms with Crippen molar-refractivity contribution in [3.63, 3.8) is 0 Å². The average Bonchev–Trinajstić information content (AvgIpc) is 3.13. The number of pyridine rings is 2. The van der Waals surface area contributed by atoms with Gasteiger partial charge in [0, 0.05) is 41.6 Å². The Labute approximate surface area is 166 Å². The number of nitriles is 1. The minimum absolute atomic E-state index is 0.164. The van der Waals surface area contributed by atoms with Crippen molar-refractivity contribution in [1.29, 1.82) is 5.26 Å². The first-order valence-electron chi connectivity index (χ1n) is 8.52. The molecule has 1 N–H and O–H groups in total. The van der Waals surface area contributed by atoms with Gasteiger partial charge in [0.2, 0.25) is 5.78 Å². The molecule has 0 saturated heterocycles. The molecule has 0 spiro atoms. The number of carbonyl (C=O) groups excluding carboxylic acids is 1. The van der Waals surface area contributed by atoms with E-state index in [0.29, 0.717) is 26.6 Å². The van der Waals surface area contributed by atoms with Crippen molar-refractivity contribution in [2.45, 2.75) is 0 Å². The summed E-state index contributed by atoms with van der Waals surface area (Å²) in [6.07, 6.45) is 6.46. The van der Waals surface area contributed by atoms with Crippen molar-refractivity contribution in [1.82, 2.24) is 9.97 Å². The van der Waals surface area contributed by atoms with Gasteiger partial charge in [-0.15, -0.1) is 11.3 Å². The Morgan fingerprint density at radius 1 is 0.964 bits per heavy atom. The minimum atomic E-state index is -0.164. The molecule has 0 radical (unpaired) electrons. The molecule has 6 heteroatoms. The van der Waals surface area contributed by atoms with Gasteiger partial charge in [0.1, 0.15) is 11.1 Å². The number of nitrogens with zero attached hydrogens (tertiary/aromatic N) is 3. The summed E-state index contributed by atoms with van der Waals surface area (Å²) in [4.78, 5) is 21.8. The molecular formula is C22H14N4OS. The van der Waals surface area contributed by atoms with Gasteiger partial charge >= 0.3 is 0 Å². The van der Waals surface area contributed by atoms with E-state index >= 15 is 0 Å². The van der Waals surface area contributed by atoms with Crippen LogP contribution in [0.15, 0.2) is 79.4 Å². The van der Waals surface area contributed by atoms with Crippen LogP contribution in [0, 0.1) is 11.3 Å². The van der Waals surface area contributed by atoms with Crippen molar-refractivity contribution in [2.75, 3.05) is 5.32 Å². The second-order valence-corrected chi connectivity index (χ2v) is 6.94. The van der Waals surface area contributed by atoms with Crippen LogP contribution in [-0.4, -0.2) is 15.8 Å². The highest BCUT2D eigenvalue weighted by molar-refractivity contribution is 7.19. The molecule has 1 aromatic carbocycles. The van der Waals surface area contributed by atoms with Crippen LogP contribution in [0.3, 0.4) is 0 Å². The fourth-order valence-corrected chi connectivity index (χ4v) is 4.02. The number of carbonyl (C=O) groups is 1. The zero-order valence-corrected chi connectivity index (χ0v) is 15.5. The van der Waals surface area contributed by atoms with E-state index in [1.165, 1.54) is 17.5 Å². The Bertz CT molecular complexity index is 1150. The molecule has 0 bridgehead atoms. The van der Waals surface area contributed by atoms with Crippen molar-refractivity contribution in [3.8, 4) is 17.2 Å². The van der Waals surface area contributed by atoms with Crippen LogP contribution in [0.5, 0.6) is 0 Å². The second kappa shape index (κ2) is 7.82. The quantitative estimate of drug-likeness (QED) is 0.489. The Morgan fingerprint density at radius 2 is 1.75 bits per heavy atom. The lowest BCUT2D eigenvalue weighted by Gasteiger charge is -2.05. The maximum Gasteiger partial charge on any atom is 0.205 e. The summed E-state index contributed by atoms with van der Waals surface area (Å²) in [6, 6.07) is 18.9. The summed E-state index contributed by atoms with van der Waals surface area (Å²) in [5, 5.41) is 13.8. The number of thiophene rings is 1. The first-order chi connectivity index (χ1) is 13.8. The molecule has 0 saturated carbocycles. The third kappa shape index (κ3) is 3.39. The highest BCUT2D eigenvalue weighted by atomic mass is 32.1. The van der Waals surface area contributed by atoms with E-state index in [2.05, 4.69) is 21.4 Å². The number of para-hydroxylation sites is 1. The molecule has 0 atom stereocenters. The van der Waals surface area contributed by atoms with E-state index in [-0.39, 0.29) is 5.78 Å². The number of ketones is 1. The average molecular weight is 382 g/mol. The molecule has 4 rings (SSSR count). The highest BCUT2D eigenvalue weighted by Crippen LogP contribution is 2.42. The summed E-state index contributed by atoms with van der Waals surface area (Å²) in [7, 11) is 0. The third-order valence-electron chi connectivity index (χ3n) is 4.15. The molecule has 0 amide bonds. The Morgan fingerprint density at radius 3 is 2.43 bits per heavy atom. The molecule has 134 valence electrons. The summed E-state index contributed by atoms with van der Waals surface area (Å²) in [5.41, 5.74) is 3.15. The molecule has 0 fully saturated rings. The lowest BCUT2D eigenvalue weighted by molar-refractivity contribution is 0.104. The fraction of sp³-hybridized carbons (Fsp3) is 0.